The number of halogens is 1. The minimum atomic E-state index is -0.514. The van der Waals surface area contributed by atoms with Gasteiger partial charge < -0.3 is 16.0 Å². The molecular formula is C18H40IN5O. The molecule has 0 fully saturated rings. The summed E-state index contributed by atoms with van der Waals surface area (Å²) < 4.78 is 0. The Labute approximate surface area is 172 Å². The smallest absolute Gasteiger partial charge is 0.227 e. The number of nitrogens with zero attached hydrogens (tertiary/aromatic N) is 2. The van der Waals surface area contributed by atoms with Gasteiger partial charge in [0.15, 0.2) is 5.96 Å². The van der Waals surface area contributed by atoms with Crippen LogP contribution in [0, 0.1) is 5.41 Å². The Hall–Kier alpha value is -0.570. The van der Waals surface area contributed by atoms with Crippen molar-refractivity contribution in [3.63, 3.8) is 0 Å². The lowest BCUT2D eigenvalue weighted by atomic mass is 9.92. The Morgan fingerprint density at radius 2 is 1.52 bits per heavy atom. The number of nitrogens with one attached hydrogen (secondary N) is 3. The largest absolute Gasteiger partial charge is 0.357 e. The molecule has 0 aliphatic heterocycles. The van der Waals surface area contributed by atoms with E-state index in [4.69, 9.17) is 0 Å². The van der Waals surface area contributed by atoms with Crippen molar-refractivity contribution in [3.8, 4) is 0 Å². The molecule has 3 N–H and O–H groups in total. The minimum Gasteiger partial charge on any atom is -0.357 e. The summed E-state index contributed by atoms with van der Waals surface area (Å²) in [6.45, 7) is 20.4. The molecule has 1 amide bonds. The normalized spacial score (nSPS) is 12.4. The van der Waals surface area contributed by atoms with Gasteiger partial charge in [0.05, 0.1) is 12.0 Å². The summed E-state index contributed by atoms with van der Waals surface area (Å²) >= 11 is 0. The molecule has 0 aromatic heterocycles. The Morgan fingerprint density at radius 1 is 1.00 bits per heavy atom. The number of carbonyl (C=O) groups is 1. The molecule has 0 atom stereocenters. The zero-order valence-corrected chi connectivity index (χ0v) is 19.7. The fourth-order valence-electron chi connectivity index (χ4n) is 2.51. The molecule has 0 saturated heterocycles. The fourth-order valence-corrected chi connectivity index (χ4v) is 2.51. The van der Waals surface area contributed by atoms with Crippen molar-refractivity contribution < 1.29 is 4.79 Å². The molecule has 7 heteroatoms. The van der Waals surface area contributed by atoms with Crippen LogP contribution < -0.4 is 16.0 Å². The minimum absolute atomic E-state index is 0. The van der Waals surface area contributed by atoms with E-state index in [1.165, 1.54) is 0 Å². The molecule has 0 unspecified atom stereocenters. The average molecular weight is 469 g/mol. The predicted molar refractivity (Wildman–Crippen MR) is 119 cm³/mol. The first-order chi connectivity index (χ1) is 11.2. The number of hydrogen-bond acceptors (Lipinski definition) is 3. The number of guanidine groups is 1. The molecule has 0 aliphatic carbocycles. The number of carbonyl (C=O) groups excluding carboxylic acids is 1. The van der Waals surface area contributed by atoms with Crippen molar-refractivity contribution in [2.24, 2.45) is 10.4 Å². The second-order valence-corrected chi connectivity index (χ2v) is 7.29. The van der Waals surface area contributed by atoms with Gasteiger partial charge in [-0.1, -0.05) is 0 Å². The molecule has 0 aliphatic rings. The maximum atomic E-state index is 12.1. The lowest BCUT2D eigenvalue weighted by Crippen LogP contribution is -2.46. The van der Waals surface area contributed by atoms with Crippen LogP contribution in [0.4, 0.5) is 0 Å². The van der Waals surface area contributed by atoms with E-state index >= 15 is 0 Å². The lowest BCUT2D eigenvalue weighted by molar-refractivity contribution is -0.128. The van der Waals surface area contributed by atoms with E-state index < -0.39 is 5.41 Å². The Kier molecular flexibility index (Phi) is 14.5. The first kappa shape index (κ1) is 26.7. The molecule has 25 heavy (non-hydrogen) atoms. The topological polar surface area (TPSA) is 68.8 Å². The summed E-state index contributed by atoms with van der Waals surface area (Å²) in [7, 11) is 0. The number of rotatable bonds is 10. The lowest BCUT2D eigenvalue weighted by Gasteiger charge is -2.30. The van der Waals surface area contributed by atoms with Crippen molar-refractivity contribution in [1.82, 2.24) is 20.9 Å². The van der Waals surface area contributed by atoms with Crippen LogP contribution >= 0.6 is 24.0 Å². The van der Waals surface area contributed by atoms with Gasteiger partial charge in [-0.3, -0.25) is 14.7 Å². The second kappa shape index (κ2) is 13.6. The molecule has 0 spiro atoms. The Balaban J connectivity index is 0. The van der Waals surface area contributed by atoms with E-state index in [9.17, 15) is 4.79 Å². The van der Waals surface area contributed by atoms with Gasteiger partial charge in [-0.2, -0.15) is 0 Å². The molecule has 6 nitrogen and oxygen atoms in total. The third-order valence-electron chi connectivity index (χ3n) is 3.92. The highest BCUT2D eigenvalue weighted by atomic mass is 127. The molecule has 0 aromatic rings. The summed E-state index contributed by atoms with van der Waals surface area (Å²) in [4.78, 5) is 19.1. The molecule has 0 aromatic carbocycles. The summed E-state index contributed by atoms with van der Waals surface area (Å²) in [5, 5.41) is 9.49. The number of aliphatic imine (C=N–C) groups is 1. The van der Waals surface area contributed by atoms with Crippen LogP contribution in [0.25, 0.3) is 0 Å². The zero-order valence-electron chi connectivity index (χ0n) is 17.4. The standard InChI is InChI=1S/C18H39N5O.HI/c1-9-19-16(24)18(7,8)13-22-17(20-10-2)21-11-12-23(14(3)4)15(5)6;/h14-15H,9-13H2,1-8H3,(H,19,24)(H2,20,21,22);1H. The quantitative estimate of drug-likeness (QED) is 0.261. The molecule has 0 rings (SSSR count). The first-order valence-corrected chi connectivity index (χ1v) is 9.21. The maximum Gasteiger partial charge on any atom is 0.227 e. The van der Waals surface area contributed by atoms with Gasteiger partial charge >= 0.3 is 0 Å². The van der Waals surface area contributed by atoms with Gasteiger partial charge in [-0.05, 0) is 55.4 Å². The fraction of sp³-hybridized carbons (Fsp3) is 0.889. The first-order valence-electron chi connectivity index (χ1n) is 9.21. The molecular weight excluding hydrogens is 429 g/mol. The second-order valence-electron chi connectivity index (χ2n) is 7.29. The Bertz CT molecular complexity index is 389. The monoisotopic (exact) mass is 469 g/mol. The van der Waals surface area contributed by atoms with Crippen LogP contribution in [0.15, 0.2) is 4.99 Å². The van der Waals surface area contributed by atoms with E-state index in [0.717, 1.165) is 25.6 Å². The number of hydrogen-bond donors (Lipinski definition) is 3. The van der Waals surface area contributed by atoms with E-state index in [-0.39, 0.29) is 29.9 Å². The van der Waals surface area contributed by atoms with Crippen LogP contribution in [-0.4, -0.2) is 61.6 Å². The van der Waals surface area contributed by atoms with Crippen molar-refractivity contribution in [1.29, 1.82) is 0 Å². The van der Waals surface area contributed by atoms with E-state index in [0.29, 0.717) is 25.2 Å². The van der Waals surface area contributed by atoms with E-state index in [1.54, 1.807) is 0 Å². The van der Waals surface area contributed by atoms with Crippen molar-refractivity contribution >= 4 is 35.8 Å². The highest BCUT2D eigenvalue weighted by Gasteiger charge is 2.26. The van der Waals surface area contributed by atoms with Crippen LogP contribution in [0.2, 0.25) is 0 Å². The van der Waals surface area contributed by atoms with Crippen LogP contribution in [0.5, 0.6) is 0 Å². The van der Waals surface area contributed by atoms with Crippen molar-refractivity contribution in [2.75, 3.05) is 32.7 Å². The van der Waals surface area contributed by atoms with Crippen molar-refractivity contribution in [3.05, 3.63) is 0 Å². The zero-order chi connectivity index (χ0) is 18.8. The van der Waals surface area contributed by atoms with Crippen LogP contribution in [-0.2, 0) is 4.79 Å². The maximum absolute atomic E-state index is 12.1. The van der Waals surface area contributed by atoms with Gasteiger partial charge in [0.1, 0.15) is 0 Å². The third-order valence-corrected chi connectivity index (χ3v) is 3.92. The molecule has 0 bridgehead atoms. The summed E-state index contributed by atoms with van der Waals surface area (Å²) in [6.07, 6.45) is 0. The van der Waals surface area contributed by atoms with Gasteiger partial charge in [0.2, 0.25) is 5.91 Å². The highest BCUT2D eigenvalue weighted by molar-refractivity contribution is 14.0. The van der Waals surface area contributed by atoms with Gasteiger partial charge in [0.25, 0.3) is 0 Å². The summed E-state index contributed by atoms with van der Waals surface area (Å²) in [6, 6.07) is 1.03. The molecule has 0 radical (unpaired) electrons. The summed E-state index contributed by atoms with van der Waals surface area (Å²) in [5.41, 5.74) is -0.514. The van der Waals surface area contributed by atoms with Gasteiger partial charge in [0, 0.05) is 38.3 Å². The third kappa shape index (κ3) is 10.9. The molecule has 150 valence electrons. The van der Waals surface area contributed by atoms with Crippen LogP contribution in [0.1, 0.15) is 55.4 Å². The van der Waals surface area contributed by atoms with E-state index in [1.807, 2.05) is 27.7 Å². The van der Waals surface area contributed by atoms with Gasteiger partial charge in [-0.25, -0.2) is 0 Å². The summed E-state index contributed by atoms with van der Waals surface area (Å²) in [5.74, 6) is 0.803. The number of amides is 1. The highest BCUT2D eigenvalue weighted by Crippen LogP contribution is 2.15. The molecule has 0 heterocycles. The SMILES string of the molecule is CCNC(=O)C(C)(C)CN=C(NCC)NCCN(C(C)C)C(C)C.I. The predicted octanol–water partition coefficient (Wildman–Crippen LogP) is 2.44. The van der Waals surface area contributed by atoms with E-state index in [2.05, 4.69) is 53.5 Å². The van der Waals surface area contributed by atoms with Crippen molar-refractivity contribution in [2.45, 2.75) is 67.5 Å². The van der Waals surface area contributed by atoms with Crippen LogP contribution in [0.3, 0.4) is 0 Å². The average Bonchev–Trinajstić information content (AvgIpc) is 2.48. The van der Waals surface area contributed by atoms with Gasteiger partial charge in [-0.15, -0.1) is 24.0 Å². The Morgan fingerprint density at radius 3 is 1.96 bits per heavy atom. The molecule has 0 saturated carbocycles.